The predicted octanol–water partition coefficient (Wildman–Crippen LogP) is 5.09. The number of nitrogens with zero attached hydrogens (tertiary/aromatic N) is 3. The molecule has 26 heavy (non-hydrogen) atoms. The van der Waals surface area contributed by atoms with Crippen LogP contribution in [0.4, 0.5) is 5.82 Å². The van der Waals surface area contributed by atoms with E-state index in [2.05, 4.69) is 27.3 Å². The number of aromatic nitrogens is 3. The van der Waals surface area contributed by atoms with Crippen LogP contribution in [-0.2, 0) is 4.79 Å². The molecule has 1 amide bonds. The third kappa shape index (κ3) is 2.52. The van der Waals surface area contributed by atoms with E-state index >= 15 is 0 Å². The Kier molecular flexibility index (Phi) is 3.73. The zero-order chi connectivity index (χ0) is 17.8. The van der Waals surface area contributed by atoms with E-state index in [-0.39, 0.29) is 11.8 Å². The van der Waals surface area contributed by atoms with E-state index in [0.29, 0.717) is 6.42 Å². The summed E-state index contributed by atoms with van der Waals surface area (Å²) in [7, 11) is 0. The van der Waals surface area contributed by atoms with E-state index in [4.69, 9.17) is 10.1 Å². The van der Waals surface area contributed by atoms with E-state index in [1.54, 1.807) is 27.4 Å². The van der Waals surface area contributed by atoms with E-state index in [1.165, 1.54) is 4.88 Å². The summed E-state index contributed by atoms with van der Waals surface area (Å²) in [6.07, 6.45) is 0.451. The van der Waals surface area contributed by atoms with Crippen LogP contribution in [0.5, 0.6) is 0 Å². The van der Waals surface area contributed by atoms with Crippen molar-refractivity contribution in [1.82, 2.24) is 14.8 Å². The maximum Gasteiger partial charge on any atom is 0.226 e. The zero-order valence-corrected chi connectivity index (χ0v) is 16.9. The largest absolute Gasteiger partial charge is 0.310 e. The quantitative estimate of drug-likeness (QED) is 0.468. The fourth-order valence-corrected chi connectivity index (χ4v) is 5.71. The van der Waals surface area contributed by atoms with E-state index in [0.717, 1.165) is 36.9 Å². The Hall–Kier alpha value is -2.03. The summed E-state index contributed by atoms with van der Waals surface area (Å²) in [6, 6.07) is 10.1. The molecule has 0 bridgehead atoms. The fraction of sp³-hybridized carbons (Fsp3) is 0.167. The first-order valence-corrected chi connectivity index (χ1v) is 10.6. The molecule has 8 heteroatoms. The van der Waals surface area contributed by atoms with Gasteiger partial charge in [0, 0.05) is 27.3 Å². The second kappa shape index (κ2) is 6.00. The number of aryl methyl sites for hydroxylation is 1. The molecule has 1 atom stereocenters. The first-order chi connectivity index (χ1) is 12.6. The van der Waals surface area contributed by atoms with Crippen LogP contribution in [0.25, 0.3) is 15.3 Å². The molecule has 0 fully saturated rings. The number of fused-ring (bicyclic) bond motifs is 2. The number of hydrogen-bond donors (Lipinski definition) is 1. The summed E-state index contributed by atoms with van der Waals surface area (Å²) in [5.41, 5.74) is 2.94. The van der Waals surface area contributed by atoms with Crippen molar-refractivity contribution in [3.05, 3.63) is 56.3 Å². The Morgan fingerprint density at radius 3 is 3.04 bits per heavy atom. The lowest BCUT2D eigenvalue weighted by molar-refractivity contribution is -0.116. The highest BCUT2D eigenvalue weighted by atomic mass is 79.9. The minimum Gasteiger partial charge on any atom is -0.310 e. The number of anilines is 1. The number of thiophene rings is 1. The number of rotatable bonds is 2. The van der Waals surface area contributed by atoms with Gasteiger partial charge in [0.05, 0.1) is 15.9 Å². The van der Waals surface area contributed by atoms with Gasteiger partial charge in [0.15, 0.2) is 0 Å². The molecule has 3 aromatic heterocycles. The number of benzene rings is 1. The first-order valence-electron chi connectivity index (χ1n) is 8.09. The molecule has 4 heterocycles. The molecule has 0 saturated carbocycles. The number of thiazole rings is 1. The molecule has 0 aliphatic carbocycles. The van der Waals surface area contributed by atoms with Crippen molar-refractivity contribution in [2.75, 3.05) is 5.32 Å². The molecule has 4 aromatic rings. The molecule has 0 spiro atoms. The van der Waals surface area contributed by atoms with Gasteiger partial charge in [-0.3, -0.25) is 4.79 Å². The highest BCUT2D eigenvalue weighted by Gasteiger charge is 2.33. The van der Waals surface area contributed by atoms with Gasteiger partial charge < -0.3 is 5.32 Å². The van der Waals surface area contributed by atoms with Crippen molar-refractivity contribution in [2.24, 2.45) is 0 Å². The van der Waals surface area contributed by atoms with Crippen LogP contribution in [-0.4, -0.2) is 20.7 Å². The number of carbonyl (C=O) groups excluding carboxylic acids is 1. The number of halogens is 1. The molecule has 1 aliphatic rings. The highest BCUT2D eigenvalue weighted by Crippen LogP contribution is 2.42. The lowest BCUT2D eigenvalue weighted by Gasteiger charge is -2.22. The van der Waals surface area contributed by atoms with E-state index < -0.39 is 0 Å². The Labute approximate surface area is 165 Å². The van der Waals surface area contributed by atoms with Crippen LogP contribution in [0.2, 0.25) is 0 Å². The van der Waals surface area contributed by atoms with Gasteiger partial charge in [0.2, 0.25) is 11.0 Å². The average Bonchev–Trinajstić information content (AvgIpc) is 3.32. The van der Waals surface area contributed by atoms with Crippen molar-refractivity contribution in [3.63, 3.8) is 0 Å². The maximum atomic E-state index is 12.4. The number of carbonyl (C=O) groups is 1. The van der Waals surface area contributed by atoms with Crippen LogP contribution < -0.4 is 5.32 Å². The molecule has 0 saturated heterocycles. The van der Waals surface area contributed by atoms with Crippen molar-refractivity contribution in [2.45, 2.75) is 19.3 Å². The predicted molar refractivity (Wildman–Crippen MR) is 109 cm³/mol. The van der Waals surface area contributed by atoms with Gasteiger partial charge in [0.1, 0.15) is 5.82 Å². The molecule has 0 unspecified atom stereocenters. The van der Waals surface area contributed by atoms with Crippen molar-refractivity contribution < 1.29 is 4.79 Å². The molecule has 1 N–H and O–H groups in total. The molecule has 5 nitrogen and oxygen atoms in total. The minimum absolute atomic E-state index is 0.0147. The summed E-state index contributed by atoms with van der Waals surface area (Å²) in [5, 5.41) is 10.5. The highest BCUT2D eigenvalue weighted by molar-refractivity contribution is 9.10. The van der Waals surface area contributed by atoms with Crippen molar-refractivity contribution >= 4 is 60.5 Å². The van der Waals surface area contributed by atoms with Crippen molar-refractivity contribution in [3.8, 4) is 5.13 Å². The third-order valence-corrected chi connectivity index (χ3v) is 6.98. The summed E-state index contributed by atoms with van der Waals surface area (Å²) < 4.78 is 3.87. The Bertz CT molecular complexity index is 1150. The van der Waals surface area contributed by atoms with Gasteiger partial charge in [-0.25, -0.2) is 4.98 Å². The summed E-state index contributed by atoms with van der Waals surface area (Å²) >= 11 is 6.74. The monoisotopic (exact) mass is 444 g/mol. The number of amides is 1. The molecule has 5 rings (SSSR count). The average molecular weight is 445 g/mol. The van der Waals surface area contributed by atoms with E-state index in [9.17, 15) is 4.79 Å². The van der Waals surface area contributed by atoms with Crippen LogP contribution in [0.3, 0.4) is 0 Å². The zero-order valence-electron chi connectivity index (χ0n) is 13.7. The molecule has 1 aliphatic heterocycles. The molecular formula is C18H13BrN4OS2. The van der Waals surface area contributed by atoms with Gasteiger partial charge >= 0.3 is 0 Å². The fourth-order valence-electron chi connectivity index (χ4n) is 3.40. The maximum absolute atomic E-state index is 12.4. The Balaban J connectivity index is 1.69. The van der Waals surface area contributed by atoms with Crippen LogP contribution in [0.1, 0.15) is 28.5 Å². The van der Waals surface area contributed by atoms with Gasteiger partial charge in [-0.1, -0.05) is 33.3 Å². The normalized spacial score (nSPS) is 16.7. The topological polar surface area (TPSA) is 59.8 Å². The lowest BCUT2D eigenvalue weighted by Crippen LogP contribution is -2.24. The lowest BCUT2D eigenvalue weighted by atomic mass is 9.91. The smallest absolute Gasteiger partial charge is 0.226 e. The SMILES string of the molecule is Cc1nn(-c2nc3ccc(Br)cc3s2)c2c1[C@H](c1cccs1)CC(=O)N2. The summed E-state index contributed by atoms with van der Waals surface area (Å²) in [4.78, 5) is 18.3. The van der Waals surface area contributed by atoms with Crippen molar-refractivity contribution in [1.29, 1.82) is 0 Å². The second-order valence-corrected chi connectivity index (χ2v) is 9.09. The first kappa shape index (κ1) is 16.2. The van der Waals surface area contributed by atoms with Gasteiger partial charge in [0.25, 0.3) is 0 Å². The van der Waals surface area contributed by atoms with Gasteiger partial charge in [-0.05, 0) is 36.6 Å². The third-order valence-electron chi connectivity index (χ3n) is 4.51. The summed E-state index contributed by atoms with van der Waals surface area (Å²) in [5.74, 6) is 0.812. The molecule has 1 aromatic carbocycles. The second-order valence-electron chi connectivity index (χ2n) is 6.19. The Morgan fingerprint density at radius 2 is 2.23 bits per heavy atom. The molecule has 130 valence electrons. The minimum atomic E-state index is 0.0147. The van der Waals surface area contributed by atoms with Crippen LogP contribution in [0, 0.1) is 6.92 Å². The van der Waals surface area contributed by atoms with Crippen LogP contribution >= 0.6 is 38.6 Å². The van der Waals surface area contributed by atoms with Gasteiger partial charge in [-0.15, -0.1) is 11.3 Å². The number of hydrogen-bond acceptors (Lipinski definition) is 5. The molecular weight excluding hydrogens is 432 g/mol. The standard InChI is InChI=1S/C18H13BrN4OS2/c1-9-16-11(13-3-2-6-25-13)8-15(24)21-17(16)23(22-9)18-20-12-5-4-10(19)7-14(12)26-18/h2-7,11H,8H2,1H3,(H,21,24)/t11-/m0/s1. The van der Waals surface area contributed by atoms with E-state index in [1.807, 2.05) is 36.6 Å². The molecule has 0 radical (unpaired) electrons. The summed E-state index contributed by atoms with van der Waals surface area (Å²) in [6.45, 7) is 2.00. The van der Waals surface area contributed by atoms with Gasteiger partial charge in [-0.2, -0.15) is 9.78 Å². The Morgan fingerprint density at radius 1 is 1.35 bits per heavy atom. The number of nitrogens with one attached hydrogen (secondary N) is 1. The van der Waals surface area contributed by atoms with Crippen LogP contribution in [0.15, 0.2) is 40.2 Å².